The fourth-order valence-electron chi connectivity index (χ4n) is 0. The number of rotatable bonds is 0. The van der Waals surface area contributed by atoms with Crippen molar-refractivity contribution < 1.29 is 21.9 Å². The molecule has 0 aromatic heterocycles. The van der Waals surface area contributed by atoms with E-state index in [4.69, 9.17) is 0 Å². The zero-order chi connectivity index (χ0) is 0. The van der Waals surface area contributed by atoms with Gasteiger partial charge in [-0.25, -0.2) is 0 Å². The van der Waals surface area contributed by atoms with Gasteiger partial charge in [-0.1, -0.05) is 0 Å². The second-order valence-corrected chi connectivity index (χ2v) is 0. The Bertz CT molecular complexity index is 7.51. The van der Waals surface area contributed by atoms with Crippen molar-refractivity contribution in [1.82, 2.24) is 0 Å². The molecule has 0 aromatic rings. The van der Waals surface area contributed by atoms with Gasteiger partial charge in [-0.2, -0.15) is 0 Å². The van der Waals surface area contributed by atoms with Crippen LogP contribution < -0.4 is 0 Å². The number of hydrogen-bond donors (Lipinski definition) is 0. The fourth-order valence-corrected chi connectivity index (χ4v) is 0. The van der Waals surface area contributed by atoms with Gasteiger partial charge in [-0.05, 0) is 0 Å². The van der Waals surface area contributed by atoms with Gasteiger partial charge in [0.05, 0.1) is 0 Å². The molecular weight excluding hydrogens is 225 g/mol. The first kappa shape index (κ1) is 83.8. The number of hydrogen-bond acceptors (Lipinski definition) is 2. The van der Waals surface area contributed by atoms with Crippen molar-refractivity contribution in [3.63, 3.8) is 0 Å². The van der Waals surface area contributed by atoms with E-state index < -0.39 is 0 Å². The summed E-state index contributed by atoms with van der Waals surface area (Å²) in [5, 5.41) is 0. The van der Waals surface area contributed by atoms with Crippen LogP contribution in [-0.2, 0) is 0 Å². The van der Waals surface area contributed by atoms with Gasteiger partial charge in [0.15, 0.2) is 0 Å². The maximum absolute atomic E-state index is 0. The summed E-state index contributed by atoms with van der Waals surface area (Å²) in [5.74, 6) is 0. The predicted molar refractivity (Wildman–Crippen MR) is 22.6 cm³/mol. The van der Waals surface area contributed by atoms with Gasteiger partial charge in [0.2, 0.25) is 0 Å². The van der Waals surface area contributed by atoms with Crippen LogP contribution in [0.5, 0.6) is 0 Å². The molecular formula is H6KO4Sb-2. The molecule has 38 valence electrons. The third kappa shape index (κ3) is 33.5. The second-order valence-electron chi connectivity index (χ2n) is 0. The van der Waals surface area contributed by atoms with Crippen molar-refractivity contribution in [3.05, 3.63) is 0 Å². The molecule has 0 fully saturated rings. The standard InChI is InChI=1S/K.4H2O.Sb/h;4*1H2;/p-2. The summed E-state index contributed by atoms with van der Waals surface area (Å²) in [6.07, 6.45) is 0. The van der Waals surface area contributed by atoms with Crippen LogP contribution in [0.25, 0.3) is 0 Å². The molecule has 4 radical (unpaired) electrons. The zero-order valence-electron chi connectivity index (χ0n) is 3.34. The molecule has 0 aliphatic heterocycles. The van der Waals surface area contributed by atoms with E-state index in [1.165, 1.54) is 0 Å². The molecule has 4 nitrogen and oxygen atoms in total. The van der Waals surface area contributed by atoms with Gasteiger partial charge in [0, 0.05) is 75.8 Å². The summed E-state index contributed by atoms with van der Waals surface area (Å²) < 4.78 is 0. The quantitative estimate of drug-likeness (QED) is 0.419. The van der Waals surface area contributed by atoms with E-state index in [9.17, 15) is 0 Å². The van der Waals surface area contributed by atoms with Gasteiger partial charge in [-0.3, -0.25) is 0 Å². The molecule has 6 heteroatoms. The Kier molecular flexibility index (Phi) is 767. The molecule has 0 aliphatic carbocycles. The summed E-state index contributed by atoms with van der Waals surface area (Å²) in [4.78, 5) is 0. The van der Waals surface area contributed by atoms with Gasteiger partial charge in [0.1, 0.15) is 0 Å². The van der Waals surface area contributed by atoms with E-state index >= 15 is 0 Å². The van der Waals surface area contributed by atoms with E-state index in [0.717, 1.165) is 0 Å². The summed E-state index contributed by atoms with van der Waals surface area (Å²) in [5.41, 5.74) is 0. The topological polar surface area (TPSA) is 123 Å². The first-order valence-corrected chi connectivity index (χ1v) is 0. The van der Waals surface area contributed by atoms with Crippen LogP contribution in [-0.4, -0.2) is 97.7 Å². The molecule has 0 saturated heterocycles. The van der Waals surface area contributed by atoms with Crippen molar-refractivity contribution in [2.24, 2.45) is 0 Å². The first-order chi connectivity index (χ1) is 0. The van der Waals surface area contributed by atoms with Crippen molar-refractivity contribution in [3.8, 4) is 0 Å². The molecule has 0 heterocycles. The molecule has 0 spiro atoms. The molecule has 0 amide bonds. The molecule has 6 N–H and O–H groups in total. The van der Waals surface area contributed by atoms with Gasteiger partial charge in [0.25, 0.3) is 0 Å². The van der Waals surface area contributed by atoms with Crippen LogP contribution in [0.15, 0.2) is 0 Å². The minimum atomic E-state index is 0. The van der Waals surface area contributed by atoms with E-state index in [-0.39, 0.29) is 97.7 Å². The minimum Gasteiger partial charge on any atom is -0.870 e. The molecule has 0 aliphatic rings. The molecule has 0 saturated carbocycles. The largest absolute Gasteiger partial charge is 0.870 e. The molecule has 0 aromatic carbocycles. The maximum Gasteiger partial charge on any atom is 0 e. The molecule has 0 bridgehead atoms. The van der Waals surface area contributed by atoms with E-state index in [1.54, 1.807) is 0 Å². The summed E-state index contributed by atoms with van der Waals surface area (Å²) in [6, 6.07) is 0. The Hall–Kier alpha value is 2.29. The minimum absolute atomic E-state index is 0. The predicted octanol–water partition coefficient (Wildman–Crippen LogP) is -2.76. The Morgan fingerprint density at radius 2 is 0.667 bits per heavy atom. The average Bonchev–Trinajstić information content (AvgIpc) is 0. The van der Waals surface area contributed by atoms with Crippen LogP contribution in [0.1, 0.15) is 0 Å². The van der Waals surface area contributed by atoms with E-state index in [0.29, 0.717) is 0 Å². The van der Waals surface area contributed by atoms with Crippen molar-refractivity contribution >= 4 is 75.8 Å². The molecule has 6 heavy (non-hydrogen) atoms. The average molecular weight is 231 g/mol. The normalized spacial score (nSPS) is 0. The van der Waals surface area contributed by atoms with Gasteiger partial charge in [-0.15, -0.1) is 0 Å². The first-order valence-electron chi connectivity index (χ1n) is 0. The Morgan fingerprint density at radius 3 is 0.667 bits per heavy atom. The Balaban J connectivity index is 0. The van der Waals surface area contributed by atoms with E-state index in [1.807, 2.05) is 0 Å². The third-order valence-electron chi connectivity index (χ3n) is 0. The Labute approximate surface area is 95.8 Å². The van der Waals surface area contributed by atoms with Crippen LogP contribution in [0.3, 0.4) is 0 Å². The van der Waals surface area contributed by atoms with Gasteiger partial charge >= 0.3 is 0 Å². The molecule has 0 atom stereocenters. The zero-order valence-corrected chi connectivity index (χ0v) is 9.02. The molecule has 0 unspecified atom stereocenters. The van der Waals surface area contributed by atoms with E-state index in [2.05, 4.69) is 0 Å². The van der Waals surface area contributed by atoms with Crippen molar-refractivity contribution in [2.75, 3.05) is 0 Å². The van der Waals surface area contributed by atoms with Crippen molar-refractivity contribution in [2.45, 2.75) is 0 Å². The summed E-state index contributed by atoms with van der Waals surface area (Å²) in [7, 11) is 0. The Morgan fingerprint density at radius 1 is 0.667 bits per heavy atom. The fraction of sp³-hybridized carbons (Fsp3) is 0. The third-order valence-corrected chi connectivity index (χ3v) is 0. The van der Waals surface area contributed by atoms with Crippen LogP contribution in [0.4, 0.5) is 0 Å². The second kappa shape index (κ2) is 54.9. The monoisotopic (exact) mass is 230 g/mol. The summed E-state index contributed by atoms with van der Waals surface area (Å²) in [6.45, 7) is 0. The summed E-state index contributed by atoms with van der Waals surface area (Å²) >= 11 is 0. The maximum atomic E-state index is 0. The van der Waals surface area contributed by atoms with Crippen LogP contribution in [0.2, 0.25) is 0 Å². The van der Waals surface area contributed by atoms with Gasteiger partial charge < -0.3 is 21.9 Å². The van der Waals surface area contributed by atoms with Crippen LogP contribution >= 0.6 is 0 Å². The molecule has 0 rings (SSSR count). The van der Waals surface area contributed by atoms with Crippen LogP contribution in [0, 0.1) is 0 Å². The SMILES string of the molecule is O.O.[K].[OH-].[OH-].[Sb]. The smallest absolute Gasteiger partial charge is 0 e. The van der Waals surface area contributed by atoms with Crippen molar-refractivity contribution in [1.29, 1.82) is 0 Å².